The second-order valence-corrected chi connectivity index (χ2v) is 2.30. The van der Waals surface area contributed by atoms with Crippen LogP contribution in [0.5, 0.6) is 0 Å². The lowest BCUT2D eigenvalue weighted by atomic mass is 10.2. The highest BCUT2D eigenvalue weighted by Crippen LogP contribution is 1.84. The van der Waals surface area contributed by atoms with Gasteiger partial charge in [0.15, 0.2) is 0 Å². The Bertz CT molecular complexity index is 199. The van der Waals surface area contributed by atoms with E-state index in [1.54, 1.807) is 0 Å². The maximum absolute atomic E-state index is 11.0. The lowest BCUT2D eigenvalue weighted by Crippen LogP contribution is -2.48. The van der Waals surface area contributed by atoms with Crippen molar-refractivity contribution in [2.45, 2.75) is 19.0 Å². The highest BCUT2D eigenvalue weighted by molar-refractivity contribution is 5.86. The van der Waals surface area contributed by atoms with Crippen molar-refractivity contribution in [3.05, 3.63) is 0 Å². The van der Waals surface area contributed by atoms with Crippen LogP contribution < -0.4 is 11.0 Å². The monoisotopic (exact) mass is 177 g/mol. The molecule has 0 rings (SSSR count). The van der Waals surface area contributed by atoms with E-state index in [1.807, 2.05) is 11.0 Å². The van der Waals surface area contributed by atoms with Crippen LogP contribution in [0.25, 0.3) is 0 Å². The largest absolute Gasteiger partial charge is 0.480 e. The van der Waals surface area contributed by atoms with Crippen LogP contribution in [0.4, 0.5) is 0 Å². The minimum atomic E-state index is -1.32. The van der Waals surface area contributed by atoms with Crippen LogP contribution in [0.15, 0.2) is 0 Å². The Morgan fingerprint density at radius 2 is 2.33 bits per heavy atom. The van der Waals surface area contributed by atoms with Gasteiger partial charge in [0.2, 0.25) is 5.91 Å². The number of carboxylic acid groups (broad SMARTS) is 1. The zero-order valence-corrected chi connectivity index (χ0v) is 6.57. The fraction of sp³-hybridized carbons (Fsp3) is 0.667. The zero-order chi connectivity index (χ0) is 10.4. The summed E-state index contributed by atoms with van der Waals surface area (Å²) in [6.07, 6.45) is 0. The molecular formula is C6H12N2O4. The van der Waals surface area contributed by atoms with Crippen molar-refractivity contribution in [2.24, 2.45) is 5.73 Å². The van der Waals surface area contributed by atoms with E-state index in [1.165, 1.54) is 6.92 Å². The lowest BCUT2D eigenvalue weighted by molar-refractivity contribution is -0.143. The molecule has 0 radical (unpaired) electrons. The standard InChI is InChI=1S/C6H12N2O4/c1-3(7)5(10)8-4(2-9)6(11)12/h3-4,9H,2,7H2,1H3,(H,8,10)(H,11,12)/t3-,4-/m0/s1/i/hD. The van der Waals surface area contributed by atoms with Crippen molar-refractivity contribution in [3.8, 4) is 0 Å². The Morgan fingerprint density at radius 3 is 2.67 bits per heavy atom. The van der Waals surface area contributed by atoms with E-state index >= 15 is 0 Å². The van der Waals surface area contributed by atoms with Crippen molar-refractivity contribution < 1.29 is 21.2 Å². The minimum absolute atomic E-state index is 0.642. The molecule has 1 amide bonds. The van der Waals surface area contributed by atoms with Gasteiger partial charge in [0.05, 0.1) is 12.6 Å². The summed E-state index contributed by atoms with van der Waals surface area (Å²) in [7, 11) is 0. The molecule has 0 aromatic carbocycles. The number of carboxylic acids is 1. The molecule has 2 atom stereocenters. The van der Waals surface area contributed by atoms with Gasteiger partial charge in [-0.3, -0.25) is 4.79 Å². The average molecular weight is 177 g/mol. The number of rotatable bonds is 5. The molecular weight excluding hydrogens is 164 g/mol. The van der Waals surface area contributed by atoms with Gasteiger partial charge in [-0.2, -0.15) is 0 Å². The van der Waals surface area contributed by atoms with E-state index in [0.29, 0.717) is 0 Å². The van der Waals surface area contributed by atoms with Gasteiger partial charge in [-0.05, 0) is 6.92 Å². The van der Waals surface area contributed by atoms with E-state index in [9.17, 15) is 9.59 Å². The molecule has 0 aliphatic carbocycles. The third kappa shape index (κ3) is 3.31. The van der Waals surface area contributed by atoms with E-state index in [0.717, 1.165) is 0 Å². The van der Waals surface area contributed by atoms with Gasteiger partial charge in [0, 0.05) is 0 Å². The molecule has 0 bridgehead atoms. The Kier molecular flexibility index (Phi) is 3.49. The Labute approximate surface area is 70.8 Å². The normalized spacial score (nSPS) is 16.0. The molecule has 0 heterocycles. The molecule has 0 saturated heterocycles. The molecule has 70 valence electrons. The summed E-state index contributed by atoms with van der Waals surface area (Å²) in [4.78, 5) is 21.3. The molecule has 12 heavy (non-hydrogen) atoms. The summed E-state index contributed by atoms with van der Waals surface area (Å²) in [5, 5.41) is 19.0. The molecule has 0 aromatic rings. The van der Waals surface area contributed by atoms with Crippen molar-refractivity contribution in [1.29, 1.82) is 0 Å². The van der Waals surface area contributed by atoms with Crippen LogP contribution in [-0.2, 0) is 9.59 Å². The van der Waals surface area contributed by atoms with Gasteiger partial charge in [0.25, 0.3) is 0 Å². The smallest absolute Gasteiger partial charge is 0.328 e. The van der Waals surface area contributed by atoms with Crippen molar-refractivity contribution in [2.75, 3.05) is 6.61 Å². The van der Waals surface area contributed by atoms with Crippen LogP contribution in [0.2, 0.25) is 1.41 Å². The molecule has 0 aliphatic rings. The van der Waals surface area contributed by atoms with Crippen molar-refractivity contribution in [3.63, 3.8) is 0 Å². The SMILES string of the molecule is [2H]N[C@@H](C)C(=O)N[C@@H](CO)C(=O)O. The molecule has 6 nitrogen and oxygen atoms in total. The molecule has 0 unspecified atom stereocenters. The van der Waals surface area contributed by atoms with Crippen LogP contribution in [0.3, 0.4) is 0 Å². The number of nitrogens with two attached hydrogens (primary N) is 1. The Hall–Kier alpha value is -1.14. The predicted octanol–water partition coefficient (Wildman–Crippen LogP) is -2.10. The molecule has 0 spiro atoms. The number of nitrogens with one attached hydrogen (secondary N) is 1. The third-order valence-electron chi connectivity index (χ3n) is 1.19. The van der Waals surface area contributed by atoms with Gasteiger partial charge >= 0.3 is 5.97 Å². The van der Waals surface area contributed by atoms with E-state index in [4.69, 9.17) is 11.6 Å². The second kappa shape index (κ2) is 4.68. The molecule has 0 saturated carbocycles. The van der Waals surface area contributed by atoms with Gasteiger partial charge < -0.3 is 21.3 Å². The minimum Gasteiger partial charge on any atom is -0.480 e. The predicted molar refractivity (Wildman–Crippen MR) is 40.3 cm³/mol. The van der Waals surface area contributed by atoms with Crippen LogP contribution >= 0.6 is 0 Å². The number of amides is 1. The number of hydrogen-bond donors (Lipinski definition) is 4. The number of carbonyl (C=O) groups is 2. The van der Waals surface area contributed by atoms with Gasteiger partial charge in [0.1, 0.15) is 7.45 Å². The quantitative estimate of drug-likeness (QED) is 0.384. The summed E-state index contributed by atoms with van der Waals surface area (Å²) in [5.74, 6) is -1.95. The van der Waals surface area contributed by atoms with Gasteiger partial charge in [-0.25, -0.2) is 4.79 Å². The molecule has 0 aliphatic heterocycles. The maximum atomic E-state index is 11.0. The maximum Gasteiger partial charge on any atom is 0.328 e. The third-order valence-corrected chi connectivity index (χ3v) is 1.19. The number of hydrogen-bond acceptors (Lipinski definition) is 4. The number of aliphatic carboxylic acids is 1. The lowest BCUT2D eigenvalue weighted by Gasteiger charge is -2.12. The Balaban J connectivity index is 4.09. The number of aliphatic hydroxyl groups excluding tert-OH is 1. The molecule has 0 fully saturated rings. The molecule has 5 N–H and O–H groups in total. The van der Waals surface area contributed by atoms with Gasteiger partial charge in [-0.15, -0.1) is 0 Å². The molecule has 0 aromatic heterocycles. The summed E-state index contributed by atoms with van der Waals surface area (Å²) < 4.78 is 6.63. The summed E-state index contributed by atoms with van der Waals surface area (Å²) in [6, 6.07) is -2.13. The van der Waals surface area contributed by atoms with Crippen LogP contribution in [0.1, 0.15) is 6.92 Å². The van der Waals surface area contributed by atoms with E-state index in [2.05, 4.69) is 0 Å². The zero-order valence-electron chi connectivity index (χ0n) is 7.57. The first-order valence-electron chi connectivity index (χ1n) is 3.84. The fourth-order valence-electron chi connectivity index (χ4n) is 0.482. The molecule has 6 heteroatoms. The van der Waals surface area contributed by atoms with Crippen molar-refractivity contribution >= 4 is 11.9 Å². The summed E-state index contributed by atoms with van der Waals surface area (Å²) in [6.45, 7) is 0.727. The summed E-state index contributed by atoms with van der Waals surface area (Å²) >= 11 is 0. The van der Waals surface area contributed by atoms with Crippen molar-refractivity contribution in [1.82, 2.24) is 5.32 Å². The van der Waals surface area contributed by atoms with Crippen LogP contribution in [-0.4, -0.2) is 40.8 Å². The number of aliphatic hydroxyl groups is 1. The Morgan fingerprint density at radius 1 is 1.75 bits per heavy atom. The number of carbonyl (C=O) groups excluding carboxylic acids is 1. The highest BCUT2D eigenvalue weighted by atomic mass is 16.4. The fourth-order valence-corrected chi connectivity index (χ4v) is 0.482. The van der Waals surface area contributed by atoms with Gasteiger partial charge in [-0.1, -0.05) is 0 Å². The van der Waals surface area contributed by atoms with E-state index < -0.39 is 30.6 Å². The first-order chi connectivity index (χ1) is 6.02. The average Bonchev–Trinajstić information content (AvgIpc) is 2.11. The first-order valence-corrected chi connectivity index (χ1v) is 3.34. The first kappa shape index (κ1) is 8.95. The van der Waals surface area contributed by atoms with E-state index in [-0.39, 0.29) is 0 Å². The highest BCUT2D eigenvalue weighted by Gasteiger charge is 2.19. The summed E-state index contributed by atoms with van der Waals surface area (Å²) in [5.41, 5.74) is 1.90. The topological polar surface area (TPSA) is 113 Å². The second-order valence-electron chi connectivity index (χ2n) is 2.30. The van der Waals surface area contributed by atoms with Crippen LogP contribution in [0, 0.1) is 0 Å².